The number of carbonyl (C=O) groups is 1. The summed E-state index contributed by atoms with van der Waals surface area (Å²) in [6, 6.07) is 9.36. The van der Waals surface area contributed by atoms with Gasteiger partial charge in [0.2, 0.25) is 0 Å². The molecule has 5 rings (SSSR count). The number of carbonyl (C=O) groups excluding carboxylic acids is 1. The van der Waals surface area contributed by atoms with E-state index in [0.29, 0.717) is 22.6 Å². The van der Waals surface area contributed by atoms with Crippen molar-refractivity contribution in [3.8, 4) is 5.75 Å². The van der Waals surface area contributed by atoms with Crippen molar-refractivity contribution in [3.63, 3.8) is 0 Å². The summed E-state index contributed by atoms with van der Waals surface area (Å²) in [5, 5.41) is 3.38. The summed E-state index contributed by atoms with van der Waals surface area (Å²) in [7, 11) is -4.17. The number of nitrogens with one attached hydrogen (secondary N) is 1. The summed E-state index contributed by atoms with van der Waals surface area (Å²) < 4.78 is 52.3. The van der Waals surface area contributed by atoms with E-state index >= 15 is 0 Å². The Labute approximate surface area is 238 Å². The van der Waals surface area contributed by atoms with Crippen LogP contribution in [-0.4, -0.2) is 62.9 Å². The van der Waals surface area contributed by atoms with Crippen molar-refractivity contribution >= 4 is 30.6 Å². The first kappa shape index (κ1) is 29.4. The van der Waals surface area contributed by atoms with E-state index < -0.39 is 55.7 Å². The van der Waals surface area contributed by atoms with Crippen LogP contribution in [-0.2, 0) is 32.8 Å². The maximum absolute atomic E-state index is 14.2. The standard InChI is InChI=1S/C27H36N5O8P/c1-7-35-24(33)16(2)31-41(34,39-18-11-9-8-10-12-18)38-17(3)20-21-27(6,40-26(4,5)37-21)25(36-20)32-14-13-19-22(28)29-15-30-23(19)32/h8-17,20-21,25H,7H2,1-6H3,(H,31,34)(H2,28,29,30)/t16-,17?,20+,21+,25+,27+,41?/m0/s1. The SMILES string of the molecule is CCOC(=O)[C@H](C)NP(=O)(Oc1ccccc1)OC(C)[C@H]1O[C@@H](n2ccc3c(N)ncnc32)[C@]2(C)OC(C)(C)O[C@H]12. The Morgan fingerprint density at radius 2 is 1.93 bits per heavy atom. The van der Waals surface area contributed by atoms with Gasteiger partial charge in [0.1, 0.15) is 47.4 Å². The molecule has 0 radical (unpaired) electrons. The number of ether oxygens (including phenoxy) is 4. The molecular formula is C27H36N5O8P. The van der Waals surface area contributed by atoms with Crippen LogP contribution in [0.15, 0.2) is 48.9 Å². The van der Waals surface area contributed by atoms with Crippen molar-refractivity contribution in [1.29, 1.82) is 0 Å². The first-order chi connectivity index (χ1) is 19.4. The van der Waals surface area contributed by atoms with Gasteiger partial charge >= 0.3 is 13.7 Å². The minimum absolute atomic E-state index is 0.168. The average molecular weight is 590 g/mol. The largest absolute Gasteiger partial charge is 0.465 e. The van der Waals surface area contributed by atoms with Crippen molar-refractivity contribution in [2.45, 2.75) is 83.5 Å². The lowest BCUT2D eigenvalue weighted by atomic mass is 9.94. The van der Waals surface area contributed by atoms with Gasteiger partial charge in [-0.2, -0.15) is 5.09 Å². The molecule has 222 valence electrons. The minimum atomic E-state index is -4.17. The average Bonchev–Trinajstić information content (AvgIpc) is 3.51. The van der Waals surface area contributed by atoms with E-state index in [1.165, 1.54) is 13.3 Å². The lowest BCUT2D eigenvalue weighted by molar-refractivity contribution is -0.220. The number of anilines is 1. The Kier molecular flexibility index (Phi) is 7.88. The lowest BCUT2D eigenvalue weighted by Gasteiger charge is -2.31. The van der Waals surface area contributed by atoms with Crippen LogP contribution in [0.25, 0.3) is 11.0 Å². The molecule has 7 atom stereocenters. The highest BCUT2D eigenvalue weighted by Gasteiger charge is 2.65. The van der Waals surface area contributed by atoms with Crippen LogP contribution in [0.4, 0.5) is 5.82 Å². The molecular weight excluding hydrogens is 553 g/mol. The monoisotopic (exact) mass is 589 g/mol. The summed E-state index contributed by atoms with van der Waals surface area (Å²) in [6.07, 6.45) is 0.211. The van der Waals surface area contributed by atoms with Crippen molar-refractivity contribution in [1.82, 2.24) is 19.6 Å². The number of nitrogen functional groups attached to an aromatic ring is 1. The molecule has 13 nitrogen and oxygen atoms in total. The number of aromatic nitrogens is 3. The van der Waals surface area contributed by atoms with Crippen LogP contribution in [0.5, 0.6) is 5.75 Å². The summed E-state index contributed by atoms with van der Waals surface area (Å²) in [5.74, 6) is -0.914. The molecule has 2 unspecified atom stereocenters. The summed E-state index contributed by atoms with van der Waals surface area (Å²) in [5.41, 5.74) is 5.64. The zero-order chi connectivity index (χ0) is 29.6. The Balaban J connectivity index is 1.46. The highest BCUT2D eigenvalue weighted by molar-refractivity contribution is 7.52. The van der Waals surface area contributed by atoms with Crippen LogP contribution in [0.2, 0.25) is 0 Å². The number of rotatable bonds is 10. The molecule has 0 saturated carbocycles. The van der Waals surface area contributed by atoms with Gasteiger partial charge in [0.15, 0.2) is 12.0 Å². The molecule has 4 heterocycles. The second-order valence-corrected chi connectivity index (χ2v) is 12.4. The van der Waals surface area contributed by atoms with E-state index in [0.717, 1.165) is 0 Å². The predicted octanol–water partition coefficient (Wildman–Crippen LogP) is 3.95. The molecule has 2 aliphatic rings. The molecule has 41 heavy (non-hydrogen) atoms. The molecule has 2 fully saturated rings. The fraction of sp³-hybridized carbons (Fsp3) is 0.519. The zero-order valence-electron chi connectivity index (χ0n) is 23.8. The summed E-state index contributed by atoms with van der Waals surface area (Å²) in [4.78, 5) is 20.9. The van der Waals surface area contributed by atoms with E-state index in [4.69, 9.17) is 33.7 Å². The molecule has 3 aromatic rings. The number of esters is 1. The molecule has 0 aliphatic carbocycles. The molecule has 3 N–H and O–H groups in total. The van der Waals surface area contributed by atoms with E-state index in [1.54, 1.807) is 50.4 Å². The van der Waals surface area contributed by atoms with Gasteiger partial charge in [-0.25, -0.2) is 14.5 Å². The van der Waals surface area contributed by atoms with Gasteiger partial charge < -0.3 is 33.8 Å². The summed E-state index contributed by atoms with van der Waals surface area (Å²) in [6.45, 7) is 10.6. The van der Waals surface area contributed by atoms with Crippen molar-refractivity contribution in [2.75, 3.05) is 12.3 Å². The predicted molar refractivity (Wildman–Crippen MR) is 149 cm³/mol. The second kappa shape index (κ2) is 11.0. The molecule has 0 bridgehead atoms. The van der Waals surface area contributed by atoms with Gasteiger partial charge in [-0.1, -0.05) is 18.2 Å². The van der Waals surface area contributed by atoms with Crippen LogP contribution < -0.4 is 15.3 Å². The Hall–Kier alpha value is -3.06. The molecule has 2 saturated heterocycles. The molecule has 0 spiro atoms. The number of nitrogens with zero attached hydrogens (tertiary/aromatic N) is 3. The quantitative estimate of drug-likeness (QED) is 0.259. The van der Waals surface area contributed by atoms with E-state index in [2.05, 4.69) is 15.1 Å². The Morgan fingerprint density at radius 3 is 2.63 bits per heavy atom. The fourth-order valence-electron chi connectivity index (χ4n) is 5.39. The lowest BCUT2D eigenvalue weighted by Crippen LogP contribution is -2.44. The normalized spacial score (nSPS) is 28.1. The maximum atomic E-state index is 14.2. The Morgan fingerprint density at radius 1 is 1.20 bits per heavy atom. The molecule has 1 aromatic carbocycles. The van der Waals surface area contributed by atoms with E-state index in [9.17, 15) is 9.36 Å². The van der Waals surface area contributed by atoms with Gasteiger partial charge in [-0.15, -0.1) is 0 Å². The van der Waals surface area contributed by atoms with Crippen molar-refractivity contribution in [2.24, 2.45) is 0 Å². The van der Waals surface area contributed by atoms with Crippen molar-refractivity contribution in [3.05, 3.63) is 48.9 Å². The van der Waals surface area contributed by atoms with Gasteiger partial charge in [0.05, 0.1) is 18.1 Å². The van der Waals surface area contributed by atoms with Crippen molar-refractivity contribution < 1.29 is 37.4 Å². The minimum Gasteiger partial charge on any atom is -0.465 e. The van der Waals surface area contributed by atoms with Gasteiger partial charge in [0.25, 0.3) is 0 Å². The van der Waals surface area contributed by atoms with E-state index in [-0.39, 0.29) is 6.61 Å². The molecule has 2 aliphatic heterocycles. The molecule has 14 heteroatoms. The highest BCUT2D eigenvalue weighted by Crippen LogP contribution is 2.54. The molecule has 0 amide bonds. The zero-order valence-corrected chi connectivity index (χ0v) is 24.7. The van der Waals surface area contributed by atoms with Crippen LogP contribution in [0.3, 0.4) is 0 Å². The van der Waals surface area contributed by atoms with Crippen LogP contribution >= 0.6 is 7.75 Å². The molecule has 2 aromatic heterocycles. The maximum Gasteiger partial charge on any atom is 0.459 e. The summed E-state index contributed by atoms with van der Waals surface area (Å²) >= 11 is 0. The van der Waals surface area contributed by atoms with Crippen LogP contribution in [0.1, 0.15) is 47.8 Å². The van der Waals surface area contributed by atoms with Crippen LogP contribution in [0, 0.1) is 0 Å². The third-order valence-electron chi connectivity index (χ3n) is 7.04. The first-order valence-corrected chi connectivity index (χ1v) is 15.0. The number of nitrogens with two attached hydrogens (primary N) is 1. The number of benzene rings is 1. The number of fused-ring (bicyclic) bond motifs is 2. The van der Waals surface area contributed by atoms with Gasteiger partial charge in [0, 0.05) is 6.20 Å². The first-order valence-electron chi connectivity index (χ1n) is 13.4. The van der Waals surface area contributed by atoms with Gasteiger partial charge in [-0.05, 0) is 59.7 Å². The fourth-order valence-corrected chi connectivity index (χ4v) is 7.08. The third-order valence-corrected chi connectivity index (χ3v) is 8.80. The van der Waals surface area contributed by atoms with Gasteiger partial charge in [-0.3, -0.25) is 9.32 Å². The highest BCUT2D eigenvalue weighted by atomic mass is 31.2. The number of para-hydroxylation sites is 1. The third kappa shape index (κ3) is 5.70. The Bertz CT molecular complexity index is 1450. The second-order valence-electron chi connectivity index (χ2n) is 10.7. The number of hydrogen-bond acceptors (Lipinski definition) is 11. The smallest absolute Gasteiger partial charge is 0.459 e. The van der Waals surface area contributed by atoms with E-state index in [1.807, 2.05) is 31.4 Å². The number of hydrogen-bond donors (Lipinski definition) is 2. The topological polar surface area (TPSA) is 158 Å².